The Morgan fingerprint density at radius 2 is 1.80 bits per heavy atom. The highest BCUT2D eigenvalue weighted by Crippen LogP contribution is 2.38. The van der Waals surface area contributed by atoms with Gasteiger partial charge in [-0.3, -0.25) is 0 Å². The van der Waals surface area contributed by atoms with Crippen molar-refractivity contribution in [3.8, 4) is 11.8 Å². The van der Waals surface area contributed by atoms with Gasteiger partial charge < -0.3 is 14.4 Å². The van der Waals surface area contributed by atoms with Gasteiger partial charge in [-0.05, 0) is 63.3 Å². The van der Waals surface area contributed by atoms with Gasteiger partial charge in [0.05, 0.1) is 12.2 Å². The van der Waals surface area contributed by atoms with Gasteiger partial charge in [0.25, 0.3) is 0 Å². The first kappa shape index (κ1) is 22.2. The molecule has 0 aliphatic heterocycles. The molecule has 1 atom stereocenters. The molecule has 2 aromatic rings. The monoisotopic (exact) mass is 423 g/mol. The van der Waals surface area contributed by atoms with E-state index in [9.17, 15) is 13.2 Å². The number of aromatic nitrogens is 2. The summed E-state index contributed by atoms with van der Waals surface area (Å²) in [7, 11) is 1.54. The molecule has 1 saturated carbocycles. The summed E-state index contributed by atoms with van der Waals surface area (Å²) >= 11 is 0. The average Bonchev–Trinajstić information content (AvgIpc) is 2.73. The lowest BCUT2D eigenvalue weighted by Gasteiger charge is -2.25. The molecule has 1 aromatic heterocycles. The molecule has 8 heteroatoms. The lowest BCUT2D eigenvalue weighted by molar-refractivity contribution is -0.137. The van der Waals surface area contributed by atoms with Gasteiger partial charge in [0.2, 0.25) is 0 Å². The van der Waals surface area contributed by atoms with Gasteiger partial charge in [-0.25, -0.2) is 4.98 Å². The minimum absolute atomic E-state index is 0.0727. The van der Waals surface area contributed by atoms with E-state index in [0.29, 0.717) is 12.1 Å². The Hall–Kier alpha value is -2.51. The van der Waals surface area contributed by atoms with Crippen LogP contribution in [0.25, 0.3) is 0 Å². The molecule has 0 bridgehead atoms. The molecular formula is C22H28F3N3O2. The fourth-order valence-corrected chi connectivity index (χ4v) is 3.38. The Balaban J connectivity index is 1.83. The number of benzene rings is 1. The summed E-state index contributed by atoms with van der Waals surface area (Å²) in [6, 6.07) is 6.96. The predicted molar refractivity (Wildman–Crippen MR) is 109 cm³/mol. The summed E-state index contributed by atoms with van der Waals surface area (Å²) in [6.45, 7) is 3.73. The maximum Gasteiger partial charge on any atom is 0.421 e. The molecule has 1 aliphatic carbocycles. The van der Waals surface area contributed by atoms with E-state index < -0.39 is 11.7 Å². The Kier molecular flexibility index (Phi) is 7.05. The zero-order chi connectivity index (χ0) is 21.7. The number of halogens is 3. The third kappa shape index (κ3) is 5.55. The van der Waals surface area contributed by atoms with E-state index in [1.165, 1.54) is 24.2 Å². The van der Waals surface area contributed by atoms with Crippen molar-refractivity contribution in [3.05, 3.63) is 36.0 Å². The van der Waals surface area contributed by atoms with Gasteiger partial charge in [0.1, 0.15) is 11.3 Å². The van der Waals surface area contributed by atoms with Crippen molar-refractivity contribution in [1.82, 2.24) is 9.97 Å². The molecule has 1 aromatic carbocycles. The zero-order valence-corrected chi connectivity index (χ0v) is 17.6. The number of hydrogen-bond acceptors (Lipinski definition) is 5. The highest BCUT2D eigenvalue weighted by atomic mass is 19.4. The molecule has 1 fully saturated rings. The molecule has 1 unspecified atom stereocenters. The SMILES string of the molecule is CCC(C)Oc1ncc(C(F)(F)F)c(N(C)c2ccc(OC3CCCCC3)cc2)n1. The van der Waals surface area contributed by atoms with E-state index in [1.807, 2.05) is 13.8 Å². The fraction of sp³-hybridized carbons (Fsp3) is 0.545. The Morgan fingerprint density at radius 3 is 2.40 bits per heavy atom. The molecule has 164 valence electrons. The van der Waals surface area contributed by atoms with Crippen LogP contribution in [0.15, 0.2) is 30.5 Å². The van der Waals surface area contributed by atoms with Crippen LogP contribution in [0.1, 0.15) is 57.9 Å². The maximum absolute atomic E-state index is 13.5. The second-order valence-corrected chi connectivity index (χ2v) is 7.66. The molecule has 0 amide bonds. The highest BCUT2D eigenvalue weighted by Gasteiger charge is 2.37. The van der Waals surface area contributed by atoms with E-state index in [4.69, 9.17) is 9.47 Å². The van der Waals surface area contributed by atoms with Crippen LogP contribution in [0.5, 0.6) is 11.8 Å². The molecule has 30 heavy (non-hydrogen) atoms. The van der Waals surface area contributed by atoms with Crippen molar-refractivity contribution >= 4 is 11.5 Å². The first-order valence-corrected chi connectivity index (χ1v) is 10.4. The Bertz CT molecular complexity index is 821. The average molecular weight is 423 g/mol. The number of nitrogens with zero attached hydrogens (tertiary/aromatic N) is 3. The van der Waals surface area contributed by atoms with Crippen LogP contribution in [0.2, 0.25) is 0 Å². The third-order valence-corrected chi connectivity index (χ3v) is 5.33. The van der Waals surface area contributed by atoms with Gasteiger partial charge >= 0.3 is 12.2 Å². The predicted octanol–water partition coefficient (Wildman–Crippen LogP) is 6.15. The molecular weight excluding hydrogens is 395 g/mol. The van der Waals surface area contributed by atoms with Crippen LogP contribution >= 0.6 is 0 Å². The van der Waals surface area contributed by atoms with E-state index in [2.05, 4.69) is 9.97 Å². The standard InChI is InChI=1S/C22H28F3N3O2/c1-4-15(2)29-21-26-14-19(22(23,24)25)20(27-21)28(3)16-10-12-18(13-11-16)30-17-8-6-5-7-9-17/h10-15,17H,4-9H2,1-3H3. The molecule has 5 nitrogen and oxygen atoms in total. The Labute approximate surface area is 175 Å². The van der Waals surface area contributed by atoms with E-state index in [0.717, 1.165) is 24.8 Å². The topological polar surface area (TPSA) is 47.5 Å². The van der Waals surface area contributed by atoms with Crippen molar-refractivity contribution in [2.75, 3.05) is 11.9 Å². The molecule has 0 radical (unpaired) electrons. The van der Waals surface area contributed by atoms with Gasteiger partial charge in [0.15, 0.2) is 5.82 Å². The van der Waals surface area contributed by atoms with Gasteiger partial charge in [-0.2, -0.15) is 18.2 Å². The van der Waals surface area contributed by atoms with E-state index >= 15 is 0 Å². The van der Waals surface area contributed by atoms with Crippen molar-refractivity contribution in [1.29, 1.82) is 0 Å². The number of rotatable bonds is 7. The van der Waals surface area contributed by atoms with Crippen LogP contribution in [-0.2, 0) is 6.18 Å². The van der Waals surface area contributed by atoms with Crippen LogP contribution < -0.4 is 14.4 Å². The smallest absolute Gasteiger partial charge is 0.421 e. The lowest BCUT2D eigenvalue weighted by atomic mass is 9.98. The second-order valence-electron chi connectivity index (χ2n) is 7.66. The van der Waals surface area contributed by atoms with Gasteiger partial charge in [-0.15, -0.1) is 0 Å². The fourth-order valence-electron chi connectivity index (χ4n) is 3.38. The first-order valence-electron chi connectivity index (χ1n) is 10.4. The second kappa shape index (κ2) is 9.53. The van der Waals surface area contributed by atoms with Crippen molar-refractivity contribution in [2.45, 2.75) is 70.8 Å². The minimum atomic E-state index is -4.58. The summed E-state index contributed by atoms with van der Waals surface area (Å²) < 4.78 is 52.2. The molecule has 0 N–H and O–H groups in total. The van der Waals surface area contributed by atoms with Crippen LogP contribution in [-0.4, -0.2) is 29.2 Å². The third-order valence-electron chi connectivity index (χ3n) is 5.33. The summed E-state index contributed by atoms with van der Waals surface area (Å²) in [4.78, 5) is 9.20. The van der Waals surface area contributed by atoms with Gasteiger partial charge in [-0.1, -0.05) is 13.3 Å². The largest absolute Gasteiger partial charge is 0.490 e. The number of hydrogen-bond donors (Lipinski definition) is 0. The molecule has 0 spiro atoms. The van der Waals surface area contributed by atoms with E-state index in [1.54, 1.807) is 31.3 Å². The van der Waals surface area contributed by atoms with Crippen molar-refractivity contribution in [3.63, 3.8) is 0 Å². The molecule has 0 saturated heterocycles. The van der Waals surface area contributed by atoms with Crippen molar-refractivity contribution < 1.29 is 22.6 Å². The first-order chi connectivity index (χ1) is 14.3. The quantitative estimate of drug-likeness (QED) is 0.534. The normalized spacial score (nSPS) is 16.2. The molecule has 1 aliphatic rings. The highest BCUT2D eigenvalue weighted by molar-refractivity contribution is 5.63. The van der Waals surface area contributed by atoms with Crippen LogP contribution in [0, 0.1) is 0 Å². The summed E-state index contributed by atoms with van der Waals surface area (Å²) in [6.07, 6.45) is 2.55. The molecule has 1 heterocycles. The summed E-state index contributed by atoms with van der Waals surface area (Å²) in [5, 5.41) is 0. The van der Waals surface area contributed by atoms with Gasteiger partial charge in [0, 0.05) is 18.9 Å². The number of ether oxygens (including phenoxy) is 2. The van der Waals surface area contributed by atoms with Crippen LogP contribution in [0.4, 0.5) is 24.7 Å². The molecule has 3 rings (SSSR count). The van der Waals surface area contributed by atoms with Crippen molar-refractivity contribution in [2.24, 2.45) is 0 Å². The van der Waals surface area contributed by atoms with Crippen LogP contribution in [0.3, 0.4) is 0 Å². The number of alkyl halides is 3. The Morgan fingerprint density at radius 1 is 1.13 bits per heavy atom. The summed E-state index contributed by atoms with van der Waals surface area (Å²) in [5.41, 5.74) is -0.353. The van der Waals surface area contributed by atoms with E-state index in [-0.39, 0.29) is 24.0 Å². The zero-order valence-electron chi connectivity index (χ0n) is 17.6. The maximum atomic E-state index is 13.5. The lowest BCUT2D eigenvalue weighted by Crippen LogP contribution is -2.21. The summed E-state index contributed by atoms with van der Waals surface area (Å²) in [5.74, 6) is 0.468. The number of anilines is 2. The minimum Gasteiger partial charge on any atom is -0.490 e.